The average Bonchev–Trinajstić information content (AvgIpc) is 2.15. The maximum absolute atomic E-state index is 13.0. The standard InChI is InChI=1S/C9H9F2NO2/c1-6(5-10)7-3-2-4-8(11)9(7)12(13)14/h2-4,6H,5H2,1H3. The van der Waals surface area contributed by atoms with Crippen molar-refractivity contribution in [1.29, 1.82) is 0 Å². The first-order valence-electron chi connectivity index (χ1n) is 4.06. The van der Waals surface area contributed by atoms with E-state index in [1.165, 1.54) is 19.1 Å². The van der Waals surface area contributed by atoms with Crippen molar-refractivity contribution in [3.05, 3.63) is 39.7 Å². The highest BCUT2D eigenvalue weighted by molar-refractivity contribution is 5.43. The van der Waals surface area contributed by atoms with Gasteiger partial charge in [0.15, 0.2) is 0 Å². The number of halogens is 2. The van der Waals surface area contributed by atoms with E-state index in [2.05, 4.69) is 0 Å². The molecule has 0 fully saturated rings. The SMILES string of the molecule is CC(CF)c1cccc(F)c1[N+](=O)[O-]. The van der Waals surface area contributed by atoms with Gasteiger partial charge in [-0.3, -0.25) is 14.5 Å². The number of nitrogens with zero attached hydrogens (tertiary/aromatic N) is 1. The molecule has 0 aliphatic rings. The van der Waals surface area contributed by atoms with Crippen LogP contribution in [-0.4, -0.2) is 11.6 Å². The molecule has 1 unspecified atom stereocenters. The molecule has 5 heteroatoms. The number of para-hydroxylation sites is 1. The molecule has 0 N–H and O–H groups in total. The topological polar surface area (TPSA) is 43.1 Å². The zero-order chi connectivity index (χ0) is 10.7. The minimum absolute atomic E-state index is 0.0949. The smallest absolute Gasteiger partial charge is 0.258 e. The van der Waals surface area contributed by atoms with Crippen LogP contribution in [0, 0.1) is 15.9 Å². The zero-order valence-electron chi connectivity index (χ0n) is 7.54. The van der Waals surface area contributed by atoms with Gasteiger partial charge in [0.25, 0.3) is 0 Å². The van der Waals surface area contributed by atoms with Gasteiger partial charge in [-0.2, -0.15) is 4.39 Å². The fraction of sp³-hybridized carbons (Fsp3) is 0.333. The minimum atomic E-state index is -0.923. The number of alkyl halides is 1. The van der Waals surface area contributed by atoms with Gasteiger partial charge >= 0.3 is 5.69 Å². The Morgan fingerprint density at radius 2 is 2.21 bits per heavy atom. The first-order valence-corrected chi connectivity index (χ1v) is 4.06. The van der Waals surface area contributed by atoms with Gasteiger partial charge in [0, 0.05) is 11.5 Å². The number of hydrogen-bond acceptors (Lipinski definition) is 2. The number of nitro groups is 1. The van der Waals surface area contributed by atoms with E-state index in [4.69, 9.17) is 0 Å². The summed E-state index contributed by atoms with van der Waals surface area (Å²) >= 11 is 0. The maximum Gasteiger partial charge on any atom is 0.308 e. The second-order valence-electron chi connectivity index (χ2n) is 2.99. The van der Waals surface area contributed by atoms with Crippen molar-refractivity contribution in [2.24, 2.45) is 0 Å². The highest BCUT2D eigenvalue weighted by Gasteiger charge is 2.23. The molecule has 1 rings (SSSR count). The third-order valence-electron chi connectivity index (χ3n) is 1.96. The molecule has 0 spiro atoms. The molecule has 0 aliphatic heterocycles. The molecule has 1 aromatic rings. The van der Waals surface area contributed by atoms with E-state index in [0.29, 0.717) is 0 Å². The number of hydrogen-bond donors (Lipinski definition) is 0. The van der Waals surface area contributed by atoms with Crippen LogP contribution in [0.15, 0.2) is 18.2 Å². The largest absolute Gasteiger partial charge is 0.308 e. The Kier molecular flexibility index (Phi) is 3.11. The summed E-state index contributed by atoms with van der Waals surface area (Å²) in [6.07, 6.45) is 0. The summed E-state index contributed by atoms with van der Waals surface area (Å²) in [6, 6.07) is 3.70. The monoisotopic (exact) mass is 201 g/mol. The van der Waals surface area contributed by atoms with Crippen LogP contribution in [-0.2, 0) is 0 Å². The van der Waals surface area contributed by atoms with E-state index in [-0.39, 0.29) is 5.56 Å². The van der Waals surface area contributed by atoms with Crippen LogP contribution in [0.3, 0.4) is 0 Å². The summed E-state index contributed by atoms with van der Waals surface area (Å²) in [6.45, 7) is 0.728. The van der Waals surface area contributed by atoms with Crippen LogP contribution in [0.2, 0.25) is 0 Å². The van der Waals surface area contributed by atoms with Crippen LogP contribution in [0.1, 0.15) is 18.4 Å². The second-order valence-corrected chi connectivity index (χ2v) is 2.99. The average molecular weight is 201 g/mol. The van der Waals surface area contributed by atoms with Crippen LogP contribution in [0.5, 0.6) is 0 Å². The summed E-state index contributed by atoms with van der Waals surface area (Å²) in [5.41, 5.74) is -0.532. The first-order chi connectivity index (χ1) is 6.57. The Labute approximate surface area is 79.5 Å². The molecule has 0 amide bonds. The lowest BCUT2D eigenvalue weighted by Gasteiger charge is -2.07. The van der Waals surface area contributed by atoms with Crippen molar-refractivity contribution in [3.8, 4) is 0 Å². The summed E-state index contributed by atoms with van der Waals surface area (Å²) in [5.74, 6) is -1.58. The third kappa shape index (κ3) is 1.86. The highest BCUT2D eigenvalue weighted by atomic mass is 19.1. The van der Waals surface area contributed by atoms with Gasteiger partial charge in [-0.25, -0.2) is 0 Å². The summed E-state index contributed by atoms with van der Waals surface area (Å²) < 4.78 is 25.3. The predicted molar refractivity (Wildman–Crippen MR) is 47.4 cm³/mol. The Morgan fingerprint density at radius 1 is 1.57 bits per heavy atom. The number of nitro benzene ring substituents is 1. The fourth-order valence-electron chi connectivity index (χ4n) is 1.21. The van der Waals surface area contributed by atoms with E-state index in [1.54, 1.807) is 0 Å². The highest BCUT2D eigenvalue weighted by Crippen LogP contribution is 2.28. The normalized spacial score (nSPS) is 12.5. The molecule has 0 aromatic heterocycles. The summed E-state index contributed by atoms with van der Waals surface area (Å²) in [5, 5.41) is 10.5. The molecule has 0 bridgehead atoms. The van der Waals surface area contributed by atoms with Crippen LogP contribution < -0.4 is 0 Å². The molecule has 0 aliphatic carbocycles. The maximum atomic E-state index is 13.0. The fourth-order valence-corrected chi connectivity index (χ4v) is 1.21. The summed E-state index contributed by atoms with van der Waals surface area (Å²) in [7, 11) is 0. The van der Waals surface area contributed by atoms with Crippen molar-refractivity contribution >= 4 is 5.69 Å². The van der Waals surface area contributed by atoms with Gasteiger partial charge < -0.3 is 0 Å². The molecule has 76 valence electrons. The lowest BCUT2D eigenvalue weighted by Crippen LogP contribution is -2.03. The molecule has 0 radical (unpaired) electrons. The van der Waals surface area contributed by atoms with E-state index < -0.39 is 29.0 Å². The van der Waals surface area contributed by atoms with Crippen LogP contribution >= 0.6 is 0 Å². The Balaban J connectivity index is 3.28. The van der Waals surface area contributed by atoms with Crippen molar-refractivity contribution in [3.63, 3.8) is 0 Å². The first kappa shape index (κ1) is 10.6. The van der Waals surface area contributed by atoms with Crippen LogP contribution in [0.4, 0.5) is 14.5 Å². The van der Waals surface area contributed by atoms with Crippen molar-refractivity contribution < 1.29 is 13.7 Å². The predicted octanol–water partition coefficient (Wildman–Crippen LogP) is 2.81. The van der Waals surface area contributed by atoms with Crippen molar-refractivity contribution in [2.45, 2.75) is 12.8 Å². The molecule has 1 atom stereocenters. The third-order valence-corrected chi connectivity index (χ3v) is 1.96. The van der Waals surface area contributed by atoms with Crippen LogP contribution in [0.25, 0.3) is 0 Å². The van der Waals surface area contributed by atoms with Gasteiger partial charge in [0.2, 0.25) is 5.82 Å². The molecule has 0 saturated carbocycles. The van der Waals surface area contributed by atoms with E-state index in [1.807, 2.05) is 0 Å². The van der Waals surface area contributed by atoms with Gasteiger partial charge in [-0.1, -0.05) is 19.1 Å². The quantitative estimate of drug-likeness (QED) is 0.557. The van der Waals surface area contributed by atoms with E-state index >= 15 is 0 Å². The van der Waals surface area contributed by atoms with Gasteiger partial charge in [0.1, 0.15) is 0 Å². The number of benzene rings is 1. The Hall–Kier alpha value is -1.52. The van der Waals surface area contributed by atoms with E-state index in [0.717, 1.165) is 6.07 Å². The second kappa shape index (κ2) is 4.13. The molecule has 14 heavy (non-hydrogen) atoms. The van der Waals surface area contributed by atoms with E-state index in [9.17, 15) is 18.9 Å². The molecular weight excluding hydrogens is 192 g/mol. The lowest BCUT2D eigenvalue weighted by atomic mass is 10.0. The molecule has 0 heterocycles. The summed E-state index contributed by atoms with van der Waals surface area (Å²) in [4.78, 5) is 9.68. The van der Waals surface area contributed by atoms with Crippen molar-refractivity contribution in [1.82, 2.24) is 0 Å². The van der Waals surface area contributed by atoms with Crippen molar-refractivity contribution in [2.75, 3.05) is 6.67 Å². The van der Waals surface area contributed by atoms with Gasteiger partial charge in [-0.05, 0) is 6.07 Å². The molecule has 1 aromatic carbocycles. The number of rotatable bonds is 3. The zero-order valence-corrected chi connectivity index (χ0v) is 7.54. The minimum Gasteiger partial charge on any atom is -0.258 e. The molecule has 3 nitrogen and oxygen atoms in total. The molecule has 0 saturated heterocycles. The van der Waals surface area contributed by atoms with Gasteiger partial charge in [-0.15, -0.1) is 0 Å². The van der Waals surface area contributed by atoms with Gasteiger partial charge in [0.05, 0.1) is 11.6 Å². The Bertz CT molecular complexity index is 355. The Morgan fingerprint density at radius 3 is 2.71 bits per heavy atom. The molecular formula is C9H9F2NO2. The lowest BCUT2D eigenvalue weighted by molar-refractivity contribution is -0.388.